The molecule has 3 heterocycles. The highest BCUT2D eigenvalue weighted by Crippen LogP contribution is 2.30. The molecule has 28 heavy (non-hydrogen) atoms. The fraction of sp³-hybridized carbons (Fsp3) is 0.176. The SMILES string of the molecule is Cc1ccc(-c2ccc(Cl)s2)cn1.Cc1ccc(OS(=O)(=O)C(F)(F)F)cn1. The summed E-state index contributed by atoms with van der Waals surface area (Å²) < 4.78 is 61.3. The second-order valence-corrected chi connectivity index (χ2v) is 8.66. The summed E-state index contributed by atoms with van der Waals surface area (Å²) in [5, 5.41) is 0. The van der Waals surface area contributed by atoms with E-state index in [1.807, 2.05) is 31.3 Å². The first-order valence-electron chi connectivity index (χ1n) is 7.60. The van der Waals surface area contributed by atoms with Gasteiger partial charge in [0.25, 0.3) is 0 Å². The number of rotatable bonds is 3. The number of thiophene rings is 1. The summed E-state index contributed by atoms with van der Waals surface area (Å²) in [4.78, 5) is 8.98. The van der Waals surface area contributed by atoms with Gasteiger partial charge in [0, 0.05) is 28.0 Å². The number of hydrogen-bond acceptors (Lipinski definition) is 6. The third-order valence-electron chi connectivity index (χ3n) is 3.14. The van der Waals surface area contributed by atoms with E-state index >= 15 is 0 Å². The molecule has 0 aromatic carbocycles. The highest BCUT2D eigenvalue weighted by atomic mass is 35.5. The van der Waals surface area contributed by atoms with Gasteiger partial charge in [-0.05, 0) is 44.2 Å². The molecule has 0 aliphatic heterocycles. The summed E-state index contributed by atoms with van der Waals surface area (Å²) in [6.45, 7) is 3.58. The lowest BCUT2D eigenvalue weighted by Gasteiger charge is -2.08. The van der Waals surface area contributed by atoms with Gasteiger partial charge in [-0.15, -0.1) is 11.3 Å². The van der Waals surface area contributed by atoms with Crippen LogP contribution < -0.4 is 4.18 Å². The van der Waals surface area contributed by atoms with E-state index in [4.69, 9.17) is 11.6 Å². The van der Waals surface area contributed by atoms with E-state index in [1.54, 1.807) is 18.3 Å². The van der Waals surface area contributed by atoms with Crippen LogP contribution >= 0.6 is 22.9 Å². The number of aryl methyl sites for hydroxylation is 2. The number of alkyl halides is 3. The van der Waals surface area contributed by atoms with Crippen LogP contribution in [-0.4, -0.2) is 23.9 Å². The smallest absolute Gasteiger partial charge is 0.374 e. The minimum atomic E-state index is -5.60. The summed E-state index contributed by atoms with van der Waals surface area (Å²) in [6.07, 6.45) is 2.77. The Hall–Kier alpha value is -2.17. The summed E-state index contributed by atoms with van der Waals surface area (Å²) in [6, 6.07) is 10.4. The molecule has 11 heteroatoms. The quantitative estimate of drug-likeness (QED) is 0.395. The van der Waals surface area contributed by atoms with Crippen LogP contribution in [0.1, 0.15) is 11.4 Å². The molecule has 0 amide bonds. The van der Waals surface area contributed by atoms with Crippen molar-refractivity contribution < 1.29 is 25.8 Å². The van der Waals surface area contributed by atoms with Gasteiger partial charge in [-0.2, -0.15) is 21.6 Å². The van der Waals surface area contributed by atoms with Crippen molar-refractivity contribution in [2.75, 3.05) is 0 Å². The van der Waals surface area contributed by atoms with E-state index in [9.17, 15) is 21.6 Å². The lowest BCUT2D eigenvalue weighted by Crippen LogP contribution is -2.28. The van der Waals surface area contributed by atoms with Gasteiger partial charge in [0.2, 0.25) is 0 Å². The normalized spacial score (nSPS) is 11.5. The Morgan fingerprint density at radius 1 is 0.964 bits per heavy atom. The third kappa shape index (κ3) is 6.18. The van der Waals surface area contributed by atoms with Gasteiger partial charge in [0.1, 0.15) is 0 Å². The van der Waals surface area contributed by atoms with Gasteiger partial charge in [-0.25, -0.2) is 0 Å². The van der Waals surface area contributed by atoms with Crippen molar-refractivity contribution in [3.8, 4) is 16.2 Å². The Kier molecular flexibility index (Phi) is 7.02. The topological polar surface area (TPSA) is 69.2 Å². The van der Waals surface area contributed by atoms with Crippen molar-refractivity contribution in [2.24, 2.45) is 0 Å². The van der Waals surface area contributed by atoms with Gasteiger partial charge in [0.15, 0.2) is 5.75 Å². The Morgan fingerprint density at radius 3 is 2.00 bits per heavy atom. The van der Waals surface area contributed by atoms with Crippen LogP contribution in [0.5, 0.6) is 5.75 Å². The molecule has 5 nitrogen and oxygen atoms in total. The molecule has 0 spiro atoms. The van der Waals surface area contributed by atoms with E-state index in [1.165, 1.54) is 6.07 Å². The van der Waals surface area contributed by atoms with Crippen molar-refractivity contribution in [1.82, 2.24) is 9.97 Å². The molecule has 0 fully saturated rings. The third-order valence-corrected chi connectivity index (χ3v) is 5.40. The zero-order valence-electron chi connectivity index (χ0n) is 14.6. The van der Waals surface area contributed by atoms with Crippen LogP contribution in [0.3, 0.4) is 0 Å². The molecule has 0 unspecified atom stereocenters. The molecular weight excluding hydrogens is 437 g/mol. The Balaban J connectivity index is 0.000000202. The fourth-order valence-electron chi connectivity index (χ4n) is 1.76. The molecular formula is C17H14ClF3N2O3S2. The van der Waals surface area contributed by atoms with E-state index < -0.39 is 21.4 Å². The molecule has 0 atom stereocenters. The van der Waals surface area contributed by atoms with Crippen molar-refractivity contribution >= 4 is 33.1 Å². The minimum absolute atomic E-state index is 0.474. The van der Waals surface area contributed by atoms with E-state index in [2.05, 4.69) is 20.2 Å². The second kappa shape index (κ2) is 8.89. The van der Waals surface area contributed by atoms with Crippen molar-refractivity contribution in [3.63, 3.8) is 0 Å². The highest BCUT2D eigenvalue weighted by Gasteiger charge is 2.48. The van der Waals surface area contributed by atoms with Crippen molar-refractivity contribution in [1.29, 1.82) is 0 Å². The van der Waals surface area contributed by atoms with Crippen LogP contribution in [0.15, 0.2) is 48.8 Å². The molecule has 0 aliphatic carbocycles. The van der Waals surface area contributed by atoms with E-state index in [0.29, 0.717) is 5.69 Å². The maximum Gasteiger partial charge on any atom is 0.534 e. The second-order valence-electron chi connectivity index (χ2n) is 5.41. The number of halogens is 4. The van der Waals surface area contributed by atoms with Crippen molar-refractivity contribution in [2.45, 2.75) is 19.4 Å². The first-order valence-corrected chi connectivity index (χ1v) is 10.2. The maximum absolute atomic E-state index is 11.9. The predicted octanol–water partition coefficient (Wildman–Crippen LogP) is 5.39. The minimum Gasteiger partial charge on any atom is -0.374 e. The van der Waals surface area contributed by atoms with Crippen LogP contribution in [0.25, 0.3) is 10.4 Å². The molecule has 3 rings (SSSR count). The van der Waals surface area contributed by atoms with Gasteiger partial charge in [0.05, 0.1) is 10.5 Å². The standard InChI is InChI=1S/C10H8ClNS.C7H6F3NO3S/c1-7-2-3-8(6-12-7)9-4-5-10(11)13-9;1-5-2-3-6(4-11-5)14-15(12,13)7(8,9)10/h2-6H,1H3;2-4H,1H3. The molecule has 3 aromatic rings. The molecule has 150 valence electrons. The summed E-state index contributed by atoms with van der Waals surface area (Å²) in [5.41, 5.74) is -2.74. The molecule has 0 saturated carbocycles. The van der Waals surface area contributed by atoms with Gasteiger partial charge in [-0.3, -0.25) is 9.97 Å². The van der Waals surface area contributed by atoms with Gasteiger partial charge < -0.3 is 4.18 Å². The number of aromatic nitrogens is 2. The van der Waals surface area contributed by atoms with Crippen LogP contribution in [0.2, 0.25) is 4.34 Å². The zero-order valence-corrected chi connectivity index (χ0v) is 17.0. The van der Waals surface area contributed by atoms with Gasteiger partial charge >= 0.3 is 15.6 Å². The van der Waals surface area contributed by atoms with Crippen molar-refractivity contribution in [3.05, 3.63) is 64.5 Å². The fourth-order valence-corrected chi connectivity index (χ4v) is 3.24. The molecule has 0 radical (unpaired) electrons. The molecule has 0 N–H and O–H groups in total. The molecule has 0 bridgehead atoms. The first kappa shape index (κ1) is 22.1. The monoisotopic (exact) mass is 450 g/mol. The van der Waals surface area contributed by atoms with E-state index in [-0.39, 0.29) is 0 Å². The number of nitrogens with zero attached hydrogens (tertiary/aromatic N) is 2. The maximum atomic E-state index is 11.9. The molecule has 0 aliphatic rings. The van der Waals surface area contributed by atoms with Gasteiger partial charge in [-0.1, -0.05) is 17.7 Å². The average molecular weight is 451 g/mol. The zero-order chi connectivity index (χ0) is 20.9. The Bertz CT molecular complexity index is 1020. The van der Waals surface area contributed by atoms with E-state index in [0.717, 1.165) is 32.7 Å². The van der Waals surface area contributed by atoms with Crippen LogP contribution in [0.4, 0.5) is 13.2 Å². The summed E-state index contributed by atoms with van der Waals surface area (Å²) in [7, 11) is -5.60. The molecule has 0 saturated heterocycles. The summed E-state index contributed by atoms with van der Waals surface area (Å²) in [5.74, 6) is -0.474. The van der Waals surface area contributed by atoms with Crippen LogP contribution in [0, 0.1) is 13.8 Å². The Morgan fingerprint density at radius 2 is 1.57 bits per heavy atom. The number of hydrogen-bond donors (Lipinski definition) is 0. The lowest BCUT2D eigenvalue weighted by molar-refractivity contribution is -0.0500. The largest absolute Gasteiger partial charge is 0.534 e. The summed E-state index contributed by atoms with van der Waals surface area (Å²) >= 11 is 7.41. The molecule has 3 aromatic heterocycles. The average Bonchev–Trinajstić information content (AvgIpc) is 3.03. The highest BCUT2D eigenvalue weighted by molar-refractivity contribution is 7.88. The number of pyridine rings is 2. The van der Waals surface area contributed by atoms with Crippen LogP contribution in [-0.2, 0) is 10.1 Å². The first-order chi connectivity index (χ1) is 13.0. The lowest BCUT2D eigenvalue weighted by atomic mass is 10.2. The Labute approximate surface area is 168 Å². The predicted molar refractivity (Wildman–Crippen MR) is 102 cm³/mol.